The van der Waals surface area contributed by atoms with Crippen LogP contribution < -0.4 is 5.32 Å². The summed E-state index contributed by atoms with van der Waals surface area (Å²) in [4.78, 5) is 22.2. The highest BCUT2D eigenvalue weighted by Gasteiger charge is 2.15. The van der Waals surface area contributed by atoms with E-state index in [0.29, 0.717) is 15.8 Å². The van der Waals surface area contributed by atoms with Gasteiger partial charge in [0.25, 0.3) is 11.6 Å². The Morgan fingerprint density at radius 1 is 1.40 bits per heavy atom. The van der Waals surface area contributed by atoms with Crippen LogP contribution in [0.2, 0.25) is 0 Å². The van der Waals surface area contributed by atoms with Gasteiger partial charge in [-0.2, -0.15) is 0 Å². The van der Waals surface area contributed by atoms with Crippen molar-refractivity contribution in [1.29, 1.82) is 0 Å². The molecule has 0 fully saturated rings. The van der Waals surface area contributed by atoms with Gasteiger partial charge in [-0.1, -0.05) is 12.1 Å². The van der Waals surface area contributed by atoms with Crippen LogP contribution in [0.5, 0.6) is 0 Å². The molecule has 0 aliphatic rings. The molecule has 20 heavy (non-hydrogen) atoms. The SMILES string of the molecule is Cc1c(CNC(=O)c2ccc(Br)o2)cccc1[N+](=O)[O-]. The number of amides is 1. The highest BCUT2D eigenvalue weighted by atomic mass is 79.9. The molecule has 0 atom stereocenters. The summed E-state index contributed by atoms with van der Waals surface area (Å²) in [6.07, 6.45) is 0. The summed E-state index contributed by atoms with van der Waals surface area (Å²) >= 11 is 3.11. The third kappa shape index (κ3) is 3.05. The Hall–Kier alpha value is -2.15. The standard InChI is InChI=1S/C13H11BrN2O4/c1-8-9(3-2-4-10(8)16(18)19)7-15-13(17)11-5-6-12(14)20-11/h2-6H,7H2,1H3,(H,15,17). The summed E-state index contributed by atoms with van der Waals surface area (Å²) in [5.74, 6) is -0.193. The van der Waals surface area contributed by atoms with Crippen molar-refractivity contribution in [2.75, 3.05) is 0 Å². The largest absolute Gasteiger partial charge is 0.444 e. The van der Waals surface area contributed by atoms with Crippen LogP contribution in [0, 0.1) is 17.0 Å². The molecule has 1 heterocycles. The van der Waals surface area contributed by atoms with Crippen molar-refractivity contribution >= 4 is 27.5 Å². The van der Waals surface area contributed by atoms with E-state index in [2.05, 4.69) is 21.2 Å². The molecule has 1 amide bonds. The number of carbonyl (C=O) groups is 1. The molecule has 0 aliphatic heterocycles. The second kappa shape index (κ2) is 5.87. The fourth-order valence-corrected chi connectivity index (χ4v) is 2.06. The van der Waals surface area contributed by atoms with Crippen molar-refractivity contribution in [2.45, 2.75) is 13.5 Å². The summed E-state index contributed by atoms with van der Waals surface area (Å²) in [5, 5.41) is 13.5. The highest BCUT2D eigenvalue weighted by Crippen LogP contribution is 2.21. The Balaban J connectivity index is 2.10. The summed E-state index contributed by atoms with van der Waals surface area (Å²) < 4.78 is 5.59. The second-order valence-corrected chi connectivity index (χ2v) is 4.89. The van der Waals surface area contributed by atoms with Crippen LogP contribution in [-0.2, 0) is 6.54 Å². The molecule has 7 heteroatoms. The topological polar surface area (TPSA) is 85.4 Å². The van der Waals surface area contributed by atoms with Gasteiger partial charge in [0, 0.05) is 18.2 Å². The van der Waals surface area contributed by atoms with Crippen LogP contribution in [0.15, 0.2) is 39.4 Å². The number of halogens is 1. The molecule has 0 unspecified atom stereocenters. The van der Waals surface area contributed by atoms with E-state index in [4.69, 9.17) is 4.42 Å². The molecule has 0 saturated heterocycles. The second-order valence-electron chi connectivity index (χ2n) is 4.10. The Morgan fingerprint density at radius 2 is 2.15 bits per heavy atom. The minimum Gasteiger partial charge on any atom is -0.444 e. The zero-order valence-corrected chi connectivity index (χ0v) is 12.1. The van der Waals surface area contributed by atoms with Crippen LogP contribution in [0.3, 0.4) is 0 Å². The van der Waals surface area contributed by atoms with Crippen LogP contribution in [0.4, 0.5) is 5.69 Å². The maximum Gasteiger partial charge on any atom is 0.287 e. The van der Waals surface area contributed by atoms with Gasteiger partial charge in [0.15, 0.2) is 10.4 Å². The van der Waals surface area contributed by atoms with Crippen molar-refractivity contribution in [3.05, 3.63) is 62.0 Å². The van der Waals surface area contributed by atoms with Gasteiger partial charge in [0.05, 0.1) is 4.92 Å². The number of nitrogens with one attached hydrogen (secondary N) is 1. The van der Waals surface area contributed by atoms with Crippen molar-refractivity contribution in [3.8, 4) is 0 Å². The van der Waals surface area contributed by atoms with Gasteiger partial charge in [-0.15, -0.1) is 0 Å². The molecule has 2 aromatic rings. The van der Waals surface area contributed by atoms with E-state index >= 15 is 0 Å². The summed E-state index contributed by atoms with van der Waals surface area (Å²) in [6, 6.07) is 7.92. The number of furan rings is 1. The maximum absolute atomic E-state index is 11.8. The smallest absolute Gasteiger partial charge is 0.287 e. The van der Waals surface area contributed by atoms with Crippen LogP contribution in [0.25, 0.3) is 0 Å². The Morgan fingerprint density at radius 3 is 2.75 bits per heavy atom. The number of nitro groups is 1. The third-order valence-electron chi connectivity index (χ3n) is 2.85. The molecular formula is C13H11BrN2O4. The number of nitrogens with zero attached hydrogens (tertiary/aromatic N) is 1. The average Bonchev–Trinajstić information content (AvgIpc) is 2.83. The summed E-state index contributed by atoms with van der Waals surface area (Å²) in [6.45, 7) is 1.85. The first kappa shape index (κ1) is 14.3. The van der Waals surface area contributed by atoms with Gasteiger partial charge in [-0.3, -0.25) is 14.9 Å². The lowest BCUT2D eigenvalue weighted by atomic mass is 10.1. The molecule has 0 aliphatic carbocycles. The van der Waals surface area contributed by atoms with Gasteiger partial charge >= 0.3 is 0 Å². The molecule has 0 bridgehead atoms. The number of carbonyl (C=O) groups excluding carboxylic acids is 1. The predicted molar refractivity (Wildman–Crippen MR) is 75.4 cm³/mol. The quantitative estimate of drug-likeness (QED) is 0.685. The minimum absolute atomic E-state index is 0.0393. The maximum atomic E-state index is 11.8. The van der Waals surface area contributed by atoms with E-state index in [1.807, 2.05) is 0 Å². The van der Waals surface area contributed by atoms with Gasteiger partial charge in [0.1, 0.15) is 0 Å². The van der Waals surface area contributed by atoms with Crippen molar-refractivity contribution < 1.29 is 14.1 Å². The molecule has 0 radical (unpaired) electrons. The molecular weight excluding hydrogens is 328 g/mol. The summed E-state index contributed by atoms with van der Waals surface area (Å²) in [7, 11) is 0. The molecule has 1 aromatic heterocycles. The highest BCUT2D eigenvalue weighted by molar-refractivity contribution is 9.10. The molecule has 6 nitrogen and oxygen atoms in total. The Labute approximate surface area is 123 Å². The molecule has 2 rings (SSSR count). The number of hydrogen-bond acceptors (Lipinski definition) is 4. The third-order valence-corrected chi connectivity index (χ3v) is 3.28. The molecule has 1 aromatic carbocycles. The zero-order chi connectivity index (χ0) is 14.7. The average molecular weight is 339 g/mol. The Kier molecular flexibility index (Phi) is 4.19. The fraction of sp³-hybridized carbons (Fsp3) is 0.154. The van der Waals surface area contributed by atoms with Gasteiger partial charge in [0.2, 0.25) is 0 Å². The minimum atomic E-state index is -0.440. The van der Waals surface area contributed by atoms with Gasteiger partial charge in [-0.05, 0) is 40.5 Å². The molecule has 1 N–H and O–H groups in total. The first-order valence-corrected chi connectivity index (χ1v) is 6.54. The lowest BCUT2D eigenvalue weighted by Crippen LogP contribution is -2.22. The van der Waals surface area contributed by atoms with Crippen LogP contribution in [-0.4, -0.2) is 10.8 Å². The van der Waals surface area contributed by atoms with E-state index in [-0.39, 0.29) is 23.9 Å². The normalized spacial score (nSPS) is 10.3. The number of hydrogen-bond donors (Lipinski definition) is 1. The van der Waals surface area contributed by atoms with Crippen molar-refractivity contribution in [2.24, 2.45) is 0 Å². The van der Waals surface area contributed by atoms with Gasteiger partial charge < -0.3 is 9.73 Å². The predicted octanol–water partition coefficient (Wildman–Crippen LogP) is 3.19. The number of nitro benzene ring substituents is 1. The zero-order valence-electron chi connectivity index (χ0n) is 10.6. The van der Waals surface area contributed by atoms with Crippen molar-refractivity contribution in [1.82, 2.24) is 5.32 Å². The van der Waals surface area contributed by atoms with Gasteiger partial charge in [-0.25, -0.2) is 0 Å². The van der Waals surface area contributed by atoms with E-state index in [9.17, 15) is 14.9 Å². The van der Waals surface area contributed by atoms with Crippen LogP contribution in [0.1, 0.15) is 21.7 Å². The first-order chi connectivity index (χ1) is 9.49. The Bertz CT molecular complexity index is 666. The number of benzene rings is 1. The lowest BCUT2D eigenvalue weighted by Gasteiger charge is -2.07. The summed E-state index contributed by atoms with van der Waals surface area (Å²) in [5.41, 5.74) is 1.27. The van der Waals surface area contributed by atoms with E-state index in [1.165, 1.54) is 6.07 Å². The van der Waals surface area contributed by atoms with E-state index < -0.39 is 4.92 Å². The first-order valence-electron chi connectivity index (χ1n) is 5.75. The molecule has 104 valence electrons. The van der Waals surface area contributed by atoms with Crippen molar-refractivity contribution in [3.63, 3.8) is 0 Å². The molecule has 0 spiro atoms. The number of rotatable bonds is 4. The van der Waals surface area contributed by atoms with Crippen LogP contribution >= 0.6 is 15.9 Å². The fourth-order valence-electron chi connectivity index (χ4n) is 1.76. The monoisotopic (exact) mass is 338 g/mol. The lowest BCUT2D eigenvalue weighted by molar-refractivity contribution is -0.385. The van der Waals surface area contributed by atoms with E-state index in [0.717, 1.165) is 0 Å². The molecule has 0 saturated carbocycles. The van der Waals surface area contributed by atoms with E-state index in [1.54, 1.807) is 31.2 Å².